The van der Waals surface area contributed by atoms with Crippen molar-refractivity contribution in [1.82, 2.24) is 4.98 Å². The fourth-order valence-electron chi connectivity index (χ4n) is 2.80. The van der Waals surface area contributed by atoms with E-state index in [-0.39, 0.29) is 28.9 Å². The zero-order valence-electron chi connectivity index (χ0n) is 14.4. The van der Waals surface area contributed by atoms with Gasteiger partial charge in [0.2, 0.25) is 0 Å². The quantitative estimate of drug-likeness (QED) is 0.757. The van der Waals surface area contributed by atoms with Crippen molar-refractivity contribution in [1.29, 1.82) is 0 Å². The van der Waals surface area contributed by atoms with Gasteiger partial charge in [-0.15, -0.1) is 0 Å². The monoisotopic (exact) mass is 336 g/mol. The molecule has 25 heavy (non-hydrogen) atoms. The van der Waals surface area contributed by atoms with Crippen LogP contribution in [0.3, 0.4) is 0 Å². The number of pyridine rings is 1. The van der Waals surface area contributed by atoms with E-state index in [0.717, 1.165) is 10.9 Å². The number of phenolic OH excluding ortho intramolecular Hbond substituents is 2. The molecule has 0 bridgehead atoms. The molecule has 0 aliphatic carbocycles. The number of phenols is 2. The molecule has 3 aromatic rings. The lowest BCUT2D eigenvalue weighted by Crippen LogP contribution is -2.26. The van der Waals surface area contributed by atoms with Crippen molar-refractivity contribution in [2.75, 3.05) is 11.9 Å². The van der Waals surface area contributed by atoms with Gasteiger partial charge < -0.3 is 15.1 Å². The Hall–Kier alpha value is -3.08. The van der Waals surface area contributed by atoms with Crippen LogP contribution in [0, 0.1) is 0 Å². The van der Waals surface area contributed by atoms with E-state index in [9.17, 15) is 15.0 Å². The van der Waals surface area contributed by atoms with Crippen molar-refractivity contribution >= 4 is 22.5 Å². The van der Waals surface area contributed by atoms with Gasteiger partial charge in [0.1, 0.15) is 11.5 Å². The van der Waals surface area contributed by atoms with Gasteiger partial charge in [-0.3, -0.25) is 9.78 Å². The van der Waals surface area contributed by atoms with E-state index in [2.05, 4.69) is 4.98 Å². The normalized spacial score (nSPS) is 11.0. The van der Waals surface area contributed by atoms with Gasteiger partial charge in [0, 0.05) is 30.4 Å². The second-order valence-corrected chi connectivity index (χ2v) is 6.33. The molecule has 2 N–H and O–H groups in total. The number of rotatable bonds is 3. The first kappa shape index (κ1) is 16.8. The largest absolute Gasteiger partial charge is 0.508 e. The van der Waals surface area contributed by atoms with E-state index in [1.54, 1.807) is 19.3 Å². The molecule has 3 rings (SSSR count). The van der Waals surface area contributed by atoms with Gasteiger partial charge in [-0.2, -0.15) is 0 Å². The van der Waals surface area contributed by atoms with Crippen molar-refractivity contribution in [3.8, 4) is 11.5 Å². The summed E-state index contributed by atoms with van der Waals surface area (Å²) in [6.07, 6.45) is 1.72. The second kappa shape index (κ2) is 6.43. The predicted octanol–water partition coefficient (Wildman–Crippen LogP) is 4.05. The molecule has 1 heterocycles. The van der Waals surface area contributed by atoms with Gasteiger partial charge in [0.25, 0.3) is 5.91 Å². The van der Waals surface area contributed by atoms with Gasteiger partial charge in [0.05, 0.1) is 11.1 Å². The summed E-state index contributed by atoms with van der Waals surface area (Å²) in [4.78, 5) is 18.6. The zero-order chi connectivity index (χ0) is 18.1. The molecule has 5 nitrogen and oxygen atoms in total. The van der Waals surface area contributed by atoms with Crippen molar-refractivity contribution in [3.63, 3.8) is 0 Å². The van der Waals surface area contributed by atoms with E-state index >= 15 is 0 Å². The summed E-state index contributed by atoms with van der Waals surface area (Å²) in [6, 6.07) is 12.1. The zero-order valence-corrected chi connectivity index (χ0v) is 14.4. The van der Waals surface area contributed by atoms with Crippen LogP contribution in [-0.2, 0) is 0 Å². The number of hydrogen-bond donors (Lipinski definition) is 2. The first-order valence-corrected chi connectivity index (χ1v) is 8.07. The highest BCUT2D eigenvalue weighted by molar-refractivity contribution is 6.08. The fourth-order valence-corrected chi connectivity index (χ4v) is 2.80. The Kier molecular flexibility index (Phi) is 4.31. The van der Waals surface area contributed by atoms with Crippen molar-refractivity contribution in [2.24, 2.45) is 0 Å². The molecule has 0 atom stereocenters. The van der Waals surface area contributed by atoms with Gasteiger partial charge in [0.15, 0.2) is 0 Å². The van der Waals surface area contributed by atoms with Crippen LogP contribution < -0.4 is 4.90 Å². The molecule has 0 aliphatic heterocycles. The van der Waals surface area contributed by atoms with E-state index in [0.29, 0.717) is 11.3 Å². The Morgan fingerprint density at radius 1 is 1.08 bits per heavy atom. The number of nitrogens with zero attached hydrogens (tertiary/aromatic N) is 2. The van der Waals surface area contributed by atoms with Crippen LogP contribution in [0.1, 0.15) is 35.7 Å². The average molecular weight is 336 g/mol. The summed E-state index contributed by atoms with van der Waals surface area (Å²) in [6.45, 7) is 3.83. The summed E-state index contributed by atoms with van der Waals surface area (Å²) >= 11 is 0. The summed E-state index contributed by atoms with van der Waals surface area (Å²) in [5.41, 5.74) is 2.33. The molecule has 0 radical (unpaired) electrons. The van der Waals surface area contributed by atoms with Crippen molar-refractivity contribution in [3.05, 3.63) is 59.8 Å². The minimum Gasteiger partial charge on any atom is -0.508 e. The minimum atomic E-state index is -0.345. The minimum absolute atomic E-state index is 0.0107. The van der Waals surface area contributed by atoms with Crippen LogP contribution >= 0.6 is 0 Å². The van der Waals surface area contributed by atoms with E-state index in [1.165, 1.54) is 11.0 Å². The third kappa shape index (κ3) is 3.13. The number of carbonyl (C=O) groups excluding carboxylic acids is 1. The molecule has 1 aromatic heterocycles. The van der Waals surface area contributed by atoms with Crippen LogP contribution in [-0.4, -0.2) is 28.2 Å². The van der Waals surface area contributed by atoms with Gasteiger partial charge >= 0.3 is 0 Å². The molecule has 0 spiro atoms. The van der Waals surface area contributed by atoms with E-state index < -0.39 is 0 Å². The lowest BCUT2D eigenvalue weighted by Gasteiger charge is -2.20. The first-order valence-electron chi connectivity index (χ1n) is 8.07. The standard InChI is InChI=1S/C20H20N2O3/c1-12(2)15-10-16(19(24)11-18(15)23)20(25)22(3)14-6-7-17-13(9-14)5-4-8-21-17/h4-12,23-24H,1-3H3. The highest BCUT2D eigenvalue weighted by atomic mass is 16.3. The average Bonchev–Trinajstić information content (AvgIpc) is 2.60. The van der Waals surface area contributed by atoms with Crippen LogP contribution in [0.2, 0.25) is 0 Å². The fraction of sp³-hybridized carbons (Fsp3) is 0.200. The third-order valence-electron chi connectivity index (χ3n) is 4.28. The molecule has 0 unspecified atom stereocenters. The number of hydrogen-bond acceptors (Lipinski definition) is 4. The van der Waals surface area contributed by atoms with Gasteiger partial charge in [-0.1, -0.05) is 19.9 Å². The van der Waals surface area contributed by atoms with Crippen LogP contribution in [0.25, 0.3) is 10.9 Å². The van der Waals surface area contributed by atoms with E-state index in [4.69, 9.17) is 0 Å². The maximum atomic E-state index is 12.9. The number of anilines is 1. The highest BCUT2D eigenvalue weighted by Gasteiger charge is 2.21. The lowest BCUT2D eigenvalue weighted by atomic mass is 9.98. The Morgan fingerprint density at radius 3 is 2.56 bits per heavy atom. The highest BCUT2D eigenvalue weighted by Crippen LogP contribution is 2.33. The maximum Gasteiger partial charge on any atom is 0.261 e. The summed E-state index contributed by atoms with van der Waals surface area (Å²) in [5.74, 6) is -0.559. The summed E-state index contributed by atoms with van der Waals surface area (Å²) in [5, 5.41) is 21.0. The topological polar surface area (TPSA) is 73.7 Å². The molecule has 1 amide bonds. The number of aromatic hydroxyl groups is 2. The first-order chi connectivity index (χ1) is 11.9. The predicted molar refractivity (Wildman–Crippen MR) is 98.3 cm³/mol. The number of amides is 1. The molecule has 0 fully saturated rings. The van der Waals surface area contributed by atoms with Crippen LogP contribution in [0.15, 0.2) is 48.7 Å². The Morgan fingerprint density at radius 2 is 1.84 bits per heavy atom. The number of aromatic nitrogens is 1. The van der Waals surface area contributed by atoms with Crippen LogP contribution in [0.5, 0.6) is 11.5 Å². The Labute approximate surface area is 146 Å². The van der Waals surface area contributed by atoms with Gasteiger partial charge in [-0.25, -0.2) is 0 Å². The molecule has 128 valence electrons. The molecular formula is C20H20N2O3. The summed E-state index contributed by atoms with van der Waals surface area (Å²) in [7, 11) is 1.65. The molecule has 0 saturated carbocycles. The van der Waals surface area contributed by atoms with Crippen molar-refractivity contribution in [2.45, 2.75) is 19.8 Å². The molecular weight excluding hydrogens is 316 g/mol. The summed E-state index contributed by atoms with van der Waals surface area (Å²) < 4.78 is 0. The molecule has 5 heteroatoms. The van der Waals surface area contributed by atoms with Crippen molar-refractivity contribution < 1.29 is 15.0 Å². The third-order valence-corrected chi connectivity index (χ3v) is 4.28. The number of carbonyl (C=O) groups is 1. The lowest BCUT2D eigenvalue weighted by molar-refractivity contribution is 0.0990. The van der Waals surface area contributed by atoms with Gasteiger partial charge in [-0.05, 0) is 41.8 Å². The van der Waals surface area contributed by atoms with Crippen LogP contribution in [0.4, 0.5) is 5.69 Å². The van der Waals surface area contributed by atoms with E-state index in [1.807, 2.05) is 44.2 Å². The Bertz CT molecular complexity index is 951. The molecule has 0 aliphatic rings. The number of benzene rings is 2. The smallest absolute Gasteiger partial charge is 0.261 e. The maximum absolute atomic E-state index is 12.9. The number of fused-ring (bicyclic) bond motifs is 1. The second-order valence-electron chi connectivity index (χ2n) is 6.33. The Balaban J connectivity index is 2.00. The molecule has 0 saturated heterocycles. The molecule has 2 aromatic carbocycles. The SMILES string of the molecule is CC(C)c1cc(C(=O)N(C)c2ccc3ncccc3c2)c(O)cc1O.